The maximum atomic E-state index is 15.2. The van der Waals surface area contributed by atoms with Crippen LogP contribution in [0.2, 0.25) is 0 Å². The third-order valence-electron chi connectivity index (χ3n) is 10.0. The predicted molar refractivity (Wildman–Crippen MR) is 212 cm³/mol. The summed E-state index contributed by atoms with van der Waals surface area (Å²) in [6.07, 6.45) is 0. The molecule has 4 nitrogen and oxygen atoms in total. The molecule has 0 saturated carbocycles. The first-order chi connectivity index (χ1) is 25.2. The van der Waals surface area contributed by atoms with Crippen LogP contribution < -0.4 is 30.5 Å². The van der Waals surface area contributed by atoms with Gasteiger partial charge in [0, 0.05) is 44.3 Å². The average Bonchev–Trinajstić information content (AvgIpc) is 3.20. The van der Waals surface area contributed by atoms with E-state index in [2.05, 4.69) is 107 Å². The summed E-state index contributed by atoms with van der Waals surface area (Å²) in [7, 11) is -3.13. The van der Waals surface area contributed by atoms with Gasteiger partial charge in [-0.15, -0.1) is 0 Å². The van der Waals surface area contributed by atoms with Gasteiger partial charge in [-0.2, -0.15) is 0 Å². The van der Waals surface area contributed by atoms with Gasteiger partial charge >= 0.3 is 0 Å². The summed E-state index contributed by atoms with van der Waals surface area (Å²) >= 11 is 0. The monoisotopic (exact) mass is 674 g/mol. The molecule has 0 fully saturated rings. The van der Waals surface area contributed by atoms with Gasteiger partial charge in [0.15, 0.2) is 18.6 Å². The highest BCUT2D eigenvalue weighted by atomic mass is 31.2. The summed E-state index contributed by atoms with van der Waals surface area (Å²) in [5.74, 6) is 1.59. The van der Waals surface area contributed by atoms with Crippen molar-refractivity contribution in [2.45, 2.75) is 0 Å². The molecular weight excluding hydrogens is 643 g/mol. The van der Waals surface area contributed by atoms with Crippen molar-refractivity contribution < 1.29 is 9.30 Å². The highest BCUT2D eigenvalue weighted by Gasteiger charge is 2.34. The van der Waals surface area contributed by atoms with Crippen molar-refractivity contribution in [3.8, 4) is 22.6 Å². The smallest absolute Gasteiger partial charge is 0.171 e. The zero-order valence-electron chi connectivity index (χ0n) is 27.6. The van der Waals surface area contributed by atoms with Gasteiger partial charge in [-0.3, -0.25) is 0 Å². The highest BCUT2D eigenvalue weighted by Crippen LogP contribution is 2.58. The molecule has 0 aromatic heterocycles. The second-order valence-electron chi connectivity index (χ2n) is 12.9. The van der Waals surface area contributed by atoms with Gasteiger partial charge < -0.3 is 19.1 Å². The Labute approximate surface area is 296 Å². The van der Waals surface area contributed by atoms with Crippen molar-refractivity contribution in [1.82, 2.24) is 0 Å². The summed E-state index contributed by atoms with van der Waals surface area (Å²) in [6.45, 7) is 0. The highest BCUT2D eigenvalue weighted by molar-refractivity contribution is 7.85. The van der Waals surface area contributed by atoms with Gasteiger partial charge in [0.05, 0.1) is 22.7 Å². The number of benzene rings is 8. The van der Waals surface area contributed by atoms with E-state index in [0.717, 1.165) is 67.1 Å². The van der Waals surface area contributed by atoms with Gasteiger partial charge in [0.1, 0.15) is 0 Å². The van der Waals surface area contributed by atoms with Crippen molar-refractivity contribution in [3.05, 3.63) is 188 Å². The maximum absolute atomic E-state index is 15.2. The summed E-state index contributed by atoms with van der Waals surface area (Å²) < 4.78 is 21.9. The van der Waals surface area contributed by atoms with E-state index in [0.29, 0.717) is 0 Å². The van der Waals surface area contributed by atoms with Crippen LogP contribution in [0.3, 0.4) is 0 Å². The number of hydrogen-bond acceptors (Lipinski definition) is 4. The molecule has 0 atom stereocenters. The van der Waals surface area contributed by atoms with Gasteiger partial charge in [-0.1, -0.05) is 121 Å². The first-order valence-corrected chi connectivity index (χ1v) is 18.8. The molecule has 2 aliphatic heterocycles. The zero-order chi connectivity index (χ0) is 33.9. The second-order valence-corrected chi connectivity index (χ2v) is 15.7. The number of para-hydroxylation sites is 3. The molecule has 0 bridgehead atoms. The molecule has 0 amide bonds. The normalized spacial score (nSPS) is 12.9. The summed E-state index contributed by atoms with van der Waals surface area (Å²) in [5, 5.41) is 4.80. The van der Waals surface area contributed by atoms with Crippen LogP contribution in [-0.4, -0.2) is 0 Å². The zero-order valence-corrected chi connectivity index (χ0v) is 28.5. The molecule has 0 spiro atoms. The van der Waals surface area contributed by atoms with E-state index in [1.807, 2.05) is 91.0 Å². The van der Waals surface area contributed by atoms with Crippen molar-refractivity contribution in [3.63, 3.8) is 0 Å². The molecule has 8 aromatic carbocycles. The van der Waals surface area contributed by atoms with Crippen LogP contribution in [0.15, 0.2) is 188 Å². The molecule has 0 unspecified atom stereocenters. The van der Waals surface area contributed by atoms with E-state index in [-0.39, 0.29) is 0 Å². The van der Waals surface area contributed by atoms with Crippen LogP contribution in [0.25, 0.3) is 21.9 Å². The molecule has 0 saturated heterocycles. The number of nitrogens with zero attached hydrogens (tertiary/aromatic N) is 2. The van der Waals surface area contributed by atoms with Gasteiger partial charge in [0.2, 0.25) is 0 Å². The van der Waals surface area contributed by atoms with Crippen LogP contribution in [0.1, 0.15) is 0 Å². The molecule has 5 heteroatoms. The topological polar surface area (TPSA) is 32.8 Å². The Hall–Kier alpha value is -6.35. The Morgan fingerprint density at radius 3 is 1.65 bits per heavy atom. The molecule has 2 heterocycles. The van der Waals surface area contributed by atoms with Crippen LogP contribution in [0, 0.1) is 0 Å². The quantitative estimate of drug-likeness (QED) is 0.170. The standard InChI is InChI=1S/C46H31N2O2P/c49-51(35-18-6-2-7-19-35,36-20-8-3-9-21-36)37-28-26-34(27-29-37)48-41-24-13-15-32-14-12-22-38(46(32)41)39-30-43-45(31-42(39)48)50-44-25-11-10-23-40(44)47(43)33-16-4-1-5-17-33/h1-31H. The Bertz CT molecular complexity index is 2590. The molecule has 8 aromatic rings. The molecule has 0 N–H and O–H groups in total. The molecule has 0 radical (unpaired) electrons. The lowest BCUT2D eigenvalue weighted by atomic mass is 9.90. The SMILES string of the molecule is O=P(c1ccccc1)(c1ccccc1)c1ccc(N2c3cc4c(cc3-c3cccc5cccc2c35)N(c2ccccc2)c2ccccc2O4)cc1. The first kappa shape index (κ1) is 29.6. The first-order valence-electron chi connectivity index (χ1n) is 17.1. The third kappa shape index (κ3) is 4.58. The van der Waals surface area contributed by atoms with E-state index < -0.39 is 7.14 Å². The lowest BCUT2D eigenvalue weighted by Crippen LogP contribution is -2.25. The van der Waals surface area contributed by atoms with Gasteiger partial charge in [-0.25, -0.2) is 0 Å². The Kier molecular flexibility index (Phi) is 6.74. The Morgan fingerprint density at radius 1 is 0.392 bits per heavy atom. The van der Waals surface area contributed by atoms with E-state index >= 15 is 4.57 Å². The fourth-order valence-corrected chi connectivity index (χ4v) is 10.4. The average molecular weight is 675 g/mol. The third-order valence-corrected chi connectivity index (χ3v) is 13.1. The lowest BCUT2D eigenvalue weighted by molar-refractivity contribution is 0.477. The predicted octanol–water partition coefficient (Wildman–Crippen LogP) is 11.5. The molecule has 2 aliphatic rings. The fourth-order valence-electron chi connectivity index (χ4n) is 7.72. The van der Waals surface area contributed by atoms with Crippen molar-refractivity contribution in [2.75, 3.05) is 9.80 Å². The van der Waals surface area contributed by atoms with Crippen LogP contribution in [0.4, 0.5) is 34.1 Å². The van der Waals surface area contributed by atoms with Gasteiger partial charge in [0.25, 0.3) is 0 Å². The number of anilines is 6. The van der Waals surface area contributed by atoms with Crippen LogP contribution in [0.5, 0.6) is 11.5 Å². The van der Waals surface area contributed by atoms with E-state index in [4.69, 9.17) is 4.74 Å². The van der Waals surface area contributed by atoms with Crippen molar-refractivity contribution in [1.29, 1.82) is 0 Å². The minimum Gasteiger partial charge on any atom is -0.453 e. The number of rotatable bonds is 5. The lowest BCUT2D eigenvalue weighted by Gasteiger charge is -2.37. The molecule has 0 aliphatic carbocycles. The Balaban J connectivity index is 1.18. The Morgan fingerprint density at radius 2 is 0.941 bits per heavy atom. The molecule has 51 heavy (non-hydrogen) atoms. The van der Waals surface area contributed by atoms with Crippen molar-refractivity contribution in [2.24, 2.45) is 0 Å². The summed E-state index contributed by atoms with van der Waals surface area (Å²) in [6, 6.07) is 64.1. The van der Waals surface area contributed by atoms with Crippen LogP contribution in [-0.2, 0) is 4.57 Å². The molecule has 242 valence electrons. The molecular formula is C46H31N2O2P. The molecule has 10 rings (SSSR count). The second kappa shape index (κ2) is 11.6. The fraction of sp³-hybridized carbons (Fsp3) is 0. The maximum Gasteiger partial charge on any atom is 0.171 e. The minimum atomic E-state index is -3.13. The van der Waals surface area contributed by atoms with E-state index in [1.165, 1.54) is 16.3 Å². The number of ether oxygens (including phenoxy) is 1. The number of hydrogen-bond donors (Lipinski definition) is 0. The summed E-state index contributed by atoms with van der Waals surface area (Å²) in [5.41, 5.74) is 8.44. The minimum absolute atomic E-state index is 0.780. The van der Waals surface area contributed by atoms with E-state index in [9.17, 15) is 0 Å². The van der Waals surface area contributed by atoms with Crippen LogP contribution >= 0.6 is 7.14 Å². The largest absolute Gasteiger partial charge is 0.453 e. The van der Waals surface area contributed by atoms with E-state index in [1.54, 1.807) is 0 Å². The van der Waals surface area contributed by atoms with Crippen molar-refractivity contribution >= 4 is 68.0 Å². The summed E-state index contributed by atoms with van der Waals surface area (Å²) in [4.78, 5) is 4.61. The number of fused-ring (bicyclic) bond motifs is 4. The van der Waals surface area contributed by atoms with Gasteiger partial charge in [-0.05, 0) is 71.6 Å².